The highest BCUT2D eigenvalue weighted by Gasteiger charge is 2.27. The molecule has 1 heterocycles. The van der Waals surface area contributed by atoms with Gasteiger partial charge in [0.05, 0.1) is 0 Å². The third kappa shape index (κ3) is 5.02. The van der Waals surface area contributed by atoms with Gasteiger partial charge in [-0.2, -0.15) is 0 Å². The van der Waals surface area contributed by atoms with Crippen LogP contribution in [0.25, 0.3) is 0 Å². The van der Waals surface area contributed by atoms with E-state index in [2.05, 4.69) is 41.4 Å². The average molecular weight is 409 g/mol. The van der Waals surface area contributed by atoms with Gasteiger partial charge >= 0.3 is 5.97 Å². The van der Waals surface area contributed by atoms with Crippen LogP contribution in [-0.4, -0.2) is 41.5 Å². The van der Waals surface area contributed by atoms with Crippen molar-refractivity contribution < 1.29 is 14.7 Å². The van der Waals surface area contributed by atoms with Crippen LogP contribution in [0.1, 0.15) is 67.3 Å². The fraction of sp³-hybridized carbons (Fsp3) is 0.440. The molecule has 2 atom stereocenters. The molecule has 0 bridgehead atoms. The van der Waals surface area contributed by atoms with Gasteiger partial charge in [-0.05, 0) is 42.5 Å². The Labute approximate surface area is 179 Å². The molecule has 1 aromatic rings. The Hall–Kier alpha value is -2.82. The lowest BCUT2D eigenvalue weighted by Crippen LogP contribution is -2.41. The fourth-order valence-corrected chi connectivity index (χ4v) is 4.41. The van der Waals surface area contributed by atoms with Crippen LogP contribution in [0.5, 0.6) is 0 Å². The Balaban J connectivity index is 1.82. The molecule has 30 heavy (non-hydrogen) atoms. The van der Waals surface area contributed by atoms with Crippen molar-refractivity contribution in [2.45, 2.75) is 57.4 Å². The van der Waals surface area contributed by atoms with Crippen LogP contribution in [0.4, 0.5) is 0 Å². The summed E-state index contributed by atoms with van der Waals surface area (Å²) in [5.41, 5.74) is 3.80. The molecule has 0 saturated carbocycles. The van der Waals surface area contributed by atoms with Gasteiger partial charge < -0.3 is 15.3 Å². The Morgan fingerprint density at radius 1 is 1.10 bits per heavy atom. The first kappa shape index (κ1) is 21.9. The quantitative estimate of drug-likeness (QED) is 0.745. The molecular formula is C25H32N2O3. The van der Waals surface area contributed by atoms with E-state index in [1.54, 1.807) is 7.05 Å². The topological polar surface area (TPSA) is 69.6 Å². The molecule has 160 valence electrons. The van der Waals surface area contributed by atoms with Gasteiger partial charge in [0, 0.05) is 30.8 Å². The molecule has 5 heteroatoms. The summed E-state index contributed by atoms with van der Waals surface area (Å²) in [5, 5.41) is 12.5. The number of nitrogens with zero attached hydrogens (tertiary/aromatic N) is 1. The van der Waals surface area contributed by atoms with E-state index >= 15 is 0 Å². The third-order valence-electron chi connectivity index (χ3n) is 6.15. The van der Waals surface area contributed by atoms with Crippen LogP contribution in [0, 0.1) is 0 Å². The zero-order chi connectivity index (χ0) is 21.5. The van der Waals surface area contributed by atoms with Crippen LogP contribution >= 0.6 is 0 Å². The zero-order valence-corrected chi connectivity index (χ0v) is 17.9. The summed E-state index contributed by atoms with van der Waals surface area (Å²) in [6, 6.07) is 7.23. The number of aliphatic carboxylic acids is 1. The number of rotatable bonds is 5. The number of carboxylic acid groups (broad SMARTS) is 1. The van der Waals surface area contributed by atoms with Crippen molar-refractivity contribution in [1.29, 1.82) is 0 Å². The first-order valence-electron chi connectivity index (χ1n) is 10.9. The van der Waals surface area contributed by atoms with Gasteiger partial charge in [-0.15, -0.1) is 0 Å². The number of allylic oxidation sites excluding steroid dienone is 5. The zero-order valence-electron chi connectivity index (χ0n) is 17.9. The van der Waals surface area contributed by atoms with Crippen molar-refractivity contribution in [3.8, 4) is 0 Å². The Morgan fingerprint density at radius 3 is 2.63 bits per heavy atom. The summed E-state index contributed by atoms with van der Waals surface area (Å²) in [5.74, 6) is -0.763. The molecule has 1 aromatic carbocycles. The first-order valence-corrected chi connectivity index (χ1v) is 10.9. The summed E-state index contributed by atoms with van der Waals surface area (Å²) in [7, 11) is 1.65. The van der Waals surface area contributed by atoms with E-state index in [4.69, 9.17) is 0 Å². The number of likely N-dealkylation sites (tertiary alicyclic amines) is 1. The smallest absolute Gasteiger partial charge is 0.326 e. The summed E-state index contributed by atoms with van der Waals surface area (Å²) in [6.45, 7) is 2.89. The van der Waals surface area contributed by atoms with Crippen LogP contribution in [0.3, 0.4) is 0 Å². The minimum atomic E-state index is -0.739. The number of carboxylic acids is 1. The van der Waals surface area contributed by atoms with Crippen molar-refractivity contribution in [3.63, 3.8) is 0 Å². The van der Waals surface area contributed by atoms with E-state index in [0.717, 1.165) is 55.5 Å². The molecule has 1 aliphatic heterocycles. The summed E-state index contributed by atoms with van der Waals surface area (Å²) < 4.78 is 0. The first-order chi connectivity index (χ1) is 14.5. The normalized spacial score (nSPS) is 20.9. The van der Waals surface area contributed by atoms with E-state index in [-0.39, 0.29) is 11.8 Å². The number of hydrogen-bond acceptors (Lipinski definition) is 3. The monoisotopic (exact) mass is 408 g/mol. The van der Waals surface area contributed by atoms with E-state index in [1.807, 2.05) is 24.3 Å². The molecule has 2 unspecified atom stereocenters. The lowest BCUT2D eigenvalue weighted by molar-refractivity contribution is -0.143. The van der Waals surface area contributed by atoms with Crippen molar-refractivity contribution in [3.05, 3.63) is 71.0 Å². The van der Waals surface area contributed by atoms with Gasteiger partial charge in [-0.25, -0.2) is 4.79 Å². The Morgan fingerprint density at radius 2 is 1.87 bits per heavy atom. The van der Waals surface area contributed by atoms with Crippen molar-refractivity contribution in [2.24, 2.45) is 0 Å². The second-order valence-electron chi connectivity index (χ2n) is 8.04. The highest BCUT2D eigenvalue weighted by molar-refractivity contribution is 5.95. The van der Waals surface area contributed by atoms with Gasteiger partial charge in [0.1, 0.15) is 6.04 Å². The van der Waals surface area contributed by atoms with Gasteiger partial charge in [0.25, 0.3) is 5.91 Å². The number of nitrogens with one attached hydrogen (secondary N) is 1. The lowest BCUT2D eigenvalue weighted by atomic mass is 9.88. The molecule has 1 amide bonds. The maximum absolute atomic E-state index is 12.3. The van der Waals surface area contributed by atoms with Crippen LogP contribution in [-0.2, 0) is 4.79 Å². The maximum Gasteiger partial charge on any atom is 0.326 e. The number of benzene rings is 1. The van der Waals surface area contributed by atoms with E-state index in [9.17, 15) is 14.7 Å². The Kier molecular flexibility index (Phi) is 7.50. The number of carbonyl (C=O) groups is 2. The van der Waals surface area contributed by atoms with Crippen molar-refractivity contribution in [2.75, 3.05) is 13.6 Å². The van der Waals surface area contributed by atoms with E-state index < -0.39 is 12.0 Å². The summed E-state index contributed by atoms with van der Waals surface area (Å²) in [6.07, 6.45) is 14.1. The molecule has 0 spiro atoms. The molecule has 0 aromatic heterocycles. The van der Waals surface area contributed by atoms with Gasteiger partial charge in [0.15, 0.2) is 0 Å². The predicted octanol–water partition coefficient (Wildman–Crippen LogP) is 4.64. The van der Waals surface area contributed by atoms with Gasteiger partial charge in [-0.1, -0.05) is 62.6 Å². The number of carbonyl (C=O) groups excluding carboxylic acids is 1. The predicted molar refractivity (Wildman–Crippen MR) is 119 cm³/mol. The lowest BCUT2D eigenvalue weighted by Gasteiger charge is -2.33. The minimum Gasteiger partial charge on any atom is -0.480 e. The van der Waals surface area contributed by atoms with Gasteiger partial charge in [-0.3, -0.25) is 4.79 Å². The SMILES string of the molecule is CNC(=O)c1ccccc1C(C)C1=CCC=C(N2CCCCCCC2C(=O)O)C=C1. The molecule has 3 rings (SSSR count). The second-order valence-corrected chi connectivity index (χ2v) is 8.04. The van der Waals surface area contributed by atoms with Crippen molar-refractivity contribution in [1.82, 2.24) is 10.2 Å². The molecule has 1 fully saturated rings. The van der Waals surface area contributed by atoms with Gasteiger partial charge in [0.2, 0.25) is 0 Å². The number of hydrogen-bond donors (Lipinski definition) is 2. The summed E-state index contributed by atoms with van der Waals surface area (Å²) in [4.78, 5) is 26.3. The highest BCUT2D eigenvalue weighted by atomic mass is 16.4. The number of amides is 1. The minimum absolute atomic E-state index is 0.0603. The summed E-state index contributed by atoms with van der Waals surface area (Å²) >= 11 is 0. The van der Waals surface area contributed by atoms with E-state index in [0.29, 0.717) is 12.0 Å². The molecule has 1 saturated heterocycles. The van der Waals surface area contributed by atoms with Crippen LogP contribution in [0.15, 0.2) is 59.8 Å². The van der Waals surface area contributed by atoms with E-state index in [1.165, 1.54) is 0 Å². The van der Waals surface area contributed by atoms with Crippen LogP contribution in [0.2, 0.25) is 0 Å². The fourth-order valence-electron chi connectivity index (χ4n) is 4.41. The van der Waals surface area contributed by atoms with Crippen LogP contribution < -0.4 is 5.32 Å². The average Bonchev–Trinajstić information content (AvgIpc) is 2.98. The highest BCUT2D eigenvalue weighted by Crippen LogP contribution is 2.31. The van der Waals surface area contributed by atoms with Crippen molar-refractivity contribution >= 4 is 11.9 Å². The molecule has 2 N–H and O–H groups in total. The molecule has 0 radical (unpaired) electrons. The third-order valence-corrected chi connectivity index (χ3v) is 6.15. The Bertz CT molecular complexity index is 869. The molecular weight excluding hydrogens is 376 g/mol. The molecule has 2 aliphatic rings. The maximum atomic E-state index is 12.3. The molecule has 5 nitrogen and oxygen atoms in total. The standard InChI is InChI=1S/C25H32N2O3/c1-18(21-12-6-7-13-22(21)24(28)26-2)19-10-9-11-20(16-15-19)27-17-8-4-3-5-14-23(27)25(29)30/h6-7,10-13,15-16,18,23H,3-5,8-9,14,17H2,1-2H3,(H,26,28)(H,29,30). The second kappa shape index (κ2) is 10.3. The largest absolute Gasteiger partial charge is 0.480 e. The molecule has 1 aliphatic carbocycles.